The summed E-state index contributed by atoms with van der Waals surface area (Å²) in [5.41, 5.74) is 0. The molecular formula is C8H19NO4S2. The second-order valence-electron chi connectivity index (χ2n) is 3.87. The lowest BCUT2D eigenvalue weighted by molar-refractivity contribution is 0.381. The fraction of sp³-hybridized carbons (Fsp3) is 1.00. The van der Waals surface area contributed by atoms with Crippen LogP contribution in [0.25, 0.3) is 0 Å². The molecule has 0 aromatic heterocycles. The molecule has 0 radical (unpaired) electrons. The largest absolute Gasteiger partial charge is 0.394 e. The van der Waals surface area contributed by atoms with E-state index in [-0.39, 0.29) is 6.15 Å². The molecule has 0 spiro atoms. The van der Waals surface area contributed by atoms with Gasteiger partial charge in [0.25, 0.3) is 0 Å². The van der Waals surface area contributed by atoms with Crippen LogP contribution < -0.4 is 6.15 Å². The Hall–Kier alpha value is 0.180. The Balaban J connectivity index is 0.000000289. The predicted octanol–water partition coefficient (Wildman–Crippen LogP) is 2.05. The van der Waals surface area contributed by atoms with Gasteiger partial charge in [-0.1, -0.05) is 0 Å². The van der Waals surface area contributed by atoms with Gasteiger partial charge < -0.3 is 6.15 Å². The summed E-state index contributed by atoms with van der Waals surface area (Å²) >= 11 is 2.19. The van der Waals surface area contributed by atoms with E-state index in [2.05, 4.69) is 11.8 Å². The minimum atomic E-state index is -4.67. The van der Waals surface area contributed by atoms with E-state index in [0.29, 0.717) is 0 Å². The van der Waals surface area contributed by atoms with Gasteiger partial charge in [0.15, 0.2) is 0 Å². The third kappa shape index (κ3) is 14.2. The smallest absolute Gasteiger partial charge is 0.344 e. The SMILES string of the molecule is C1CC1CSCC1CC1.N.O=S(=O)(O)O. The van der Waals surface area contributed by atoms with E-state index in [1.54, 1.807) is 0 Å². The van der Waals surface area contributed by atoms with Gasteiger partial charge in [0.2, 0.25) is 0 Å². The molecule has 0 atom stereocenters. The van der Waals surface area contributed by atoms with Crippen LogP contribution in [-0.2, 0) is 10.4 Å². The highest BCUT2D eigenvalue weighted by Gasteiger charge is 2.24. The molecule has 15 heavy (non-hydrogen) atoms. The zero-order valence-electron chi connectivity index (χ0n) is 8.63. The van der Waals surface area contributed by atoms with E-state index in [0.717, 1.165) is 11.8 Å². The number of rotatable bonds is 4. The highest BCUT2D eigenvalue weighted by Crippen LogP contribution is 2.37. The number of hydrogen-bond donors (Lipinski definition) is 3. The lowest BCUT2D eigenvalue weighted by Crippen LogP contribution is -1.89. The summed E-state index contributed by atoms with van der Waals surface area (Å²) in [7, 11) is -4.67. The van der Waals surface area contributed by atoms with Crippen molar-refractivity contribution in [1.82, 2.24) is 6.15 Å². The Kier molecular flexibility index (Phi) is 6.78. The third-order valence-electron chi connectivity index (χ3n) is 2.10. The lowest BCUT2D eigenvalue weighted by Gasteiger charge is -1.94. The van der Waals surface area contributed by atoms with Crippen molar-refractivity contribution in [3.05, 3.63) is 0 Å². The van der Waals surface area contributed by atoms with Crippen molar-refractivity contribution < 1.29 is 17.5 Å². The molecule has 0 aliphatic heterocycles. The Bertz CT molecular complexity index is 240. The van der Waals surface area contributed by atoms with Crippen LogP contribution in [0.1, 0.15) is 25.7 Å². The number of thioether (sulfide) groups is 1. The van der Waals surface area contributed by atoms with Gasteiger partial charge in [-0.05, 0) is 49.0 Å². The van der Waals surface area contributed by atoms with Crippen LogP contribution in [0.5, 0.6) is 0 Å². The van der Waals surface area contributed by atoms with E-state index in [4.69, 9.17) is 17.5 Å². The summed E-state index contributed by atoms with van der Waals surface area (Å²) in [4.78, 5) is 0. The Labute approximate surface area is 95.2 Å². The maximum absolute atomic E-state index is 8.74. The molecule has 2 aliphatic rings. The van der Waals surface area contributed by atoms with E-state index in [1.165, 1.54) is 37.2 Å². The molecule has 2 fully saturated rings. The van der Waals surface area contributed by atoms with Gasteiger partial charge in [-0.3, -0.25) is 9.11 Å². The second-order valence-corrected chi connectivity index (χ2v) is 5.84. The molecule has 0 aromatic carbocycles. The summed E-state index contributed by atoms with van der Waals surface area (Å²) < 4.78 is 31.6. The molecule has 0 heterocycles. The molecule has 0 amide bonds. The second kappa shape index (κ2) is 6.70. The van der Waals surface area contributed by atoms with Gasteiger partial charge in [-0.15, -0.1) is 0 Å². The summed E-state index contributed by atoms with van der Waals surface area (Å²) in [6, 6.07) is 0. The van der Waals surface area contributed by atoms with E-state index < -0.39 is 10.4 Å². The zero-order valence-corrected chi connectivity index (χ0v) is 10.3. The Morgan fingerprint density at radius 3 is 1.47 bits per heavy atom. The van der Waals surface area contributed by atoms with Crippen LogP contribution in [0.2, 0.25) is 0 Å². The molecule has 92 valence electrons. The molecule has 0 bridgehead atoms. The van der Waals surface area contributed by atoms with Crippen molar-refractivity contribution in [2.24, 2.45) is 11.8 Å². The van der Waals surface area contributed by atoms with Crippen molar-refractivity contribution in [3.8, 4) is 0 Å². The molecule has 0 saturated heterocycles. The van der Waals surface area contributed by atoms with Gasteiger partial charge in [0, 0.05) is 0 Å². The van der Waals surface area contributed by atoms with Gasteiger partial charge in [0.05, 0.1) is 0 Å². The lowest BCUT2D eigenvalue weighted by atomic mass is 10.5. The molecular weight excluding hydrogens is 238 g/mol. The van der Waals surface area contributed by atoms with Crippen molar-refractivity contribution >= 4 is 22.2 Å². The van der Waals surface area contributed by atoms with Crippen LogP contribution >= 0.6 is 11.8 Å². The molecule has 2 rings (SSSR count). The first-order chi connectivity index (χ1) is 6.45. The molecule has 5 nitrogen and oxygen atoms in total. The molecule has 0 unspecified atom stereocenters. The topological polar surface area (TPSA) is 110 Å². The van der Waals surface area contributed by atoms with E-state index in [9.17, 15) is 0 Å². The Morgan fingerprint density at radius 1 is 1.00 bits per heavy atom. The average molecular weight is 257 g/mol. The summed E-state index contributed by atoms with van der Waals surface area (Å²) in [5, 5.41) is 0. The van der Waals surface area contributed by atoms with Crippen molar-refractivity contribution in [2.45, 2.75) is 25.7 Å². The number of hydrogen-bond acceptors (Lipinski definition) is 4. The molecule has 2 aliphatic carbocycles. The zero-order chi connectivity index (χ0) is 10.6. The fourth-order valence-electron chi connectivity index (χ4n) is 0.970. The van der Waals surface area contributed by atoms with Crippen LogP contribution in [0.15, 0.2) is 0 Å². The predicted molar refractivity (Wildman–Crippen MR) is 62.0 cm³/mol. The minimum absolute atomic E-state index is 0. The highest BCUT2D eigenvalue weighted by molar-refractivity contribution is 7.99. The first kappa shape index (κ1) is 15.2. The van der Waals surface area contributed by atoms with Crippen molar-refractivity contribution in [1.29, 1.82) is 0 Å². The Morgan fingerprint density at radius 2 is 1.27 bits per heavy atom. The minimum Gasteiger partial charge on any atom is -0.344 e. The fourth-order valence-corrected chi connectivity index (χ4v) is 2.44. The van der Waals surface area contributed by atoms with Crippen LogP contribution in [0.3, 0.4) is 0 Å². The van der Waals surface area contributed by atoms with Gasteiger partial charge in [-0.2, -0.15) is 20.2 Å². The van der Waals surface area contributed by atoms with Crippen LogP contribution in [0.4, 0.5) is 0 Å². The third-order valence-corrected chi connectivity index (χ3v) is 3.52. The average Bonchev–Trinajstić information content (AvgIpc) is 2.75. The van der Waals surface area contributed by atoms with Crippen molar-refractivity contribution in [2.75, 3.05) is 11.5 Å². The van der Waals surface area contributed by atoms with Gasteiger partial charge in [0.1, 0.15) is 0 Å². The highest BCUT2D eigenvalue weighted by atomic mass is 32.3. The monoisotopic (exact) mass is 257 g/mol. The molecule has 2 saturated carbocycles. The first-order valence-electron chi connectivity index (χ1n) is 4.73. The quantitative estimate of drug-likeness (QED) is 0.665. The molecule has 7 heteroatoms. The standard InChI is InChI=1S/C8H14S.H3N.H2O4S/c1-2-7(1)5-9-6-8-3-4-8;;1-5(2,3)4/h7-8H,1-6H2;1H3;(H2,1,2,3,4). The van der Waals surface area contributed by atoms with E-state index in [1.807, 2.05) is 0 Å². The van der Waals surface area contributed by atoms with Gasteiger partial charge >= 0.3 is 10.4 Å². The van der Waals surface area contributed by atoms with Crippen molar-refractivity contribution in [3.63, 3.8) is 0 Å². The van der Waals surface area contributed by atoms with Crippen LogP contribution in [-0.4, -0.2) is 29.0 Å². The maximum atomic E-state index is 8.74. The van der Waals surface area contributed by atoms with E-state index >= 15 is 0 Å². The molecule has 5 N–H and O–H groups in total. The summed E-state index contributed by atoms with van der Waals surface area (Å²) in [6.45, 7) is 0. The normalized spacial score (nSPS) is 19.9. The van der Waals surface area contributed by atoms with Gasteiger partial charge in [-0.25, -0.2) is 0 Å². The summed E-state index contributed by atoms with van der Waals surface area (Å²) in [5.74, 6) is 5.20. The first-order valence-corrected chi connectivity index (χ1v) is 7.28. The summed E-state index contributed by atoms with van der Waals surface area (Å²) in [6.07, 6.45) is 6.10. The molecule has 0 aromatic rings. The maximum Gasteiger partial charge on any atom is 0.394 e. The van der Waals surface area contributed by atoms with Crippen LogP contribution in [0, 0.1) is 11.8 Å².